The van der Waals surface area contributed by atoms with Crippen molar-refractivity contribution in [1.29, 1.82) is 0 Å². The third-order valence-corrected chi connectivity index (χ3v) is 3.12. The van der Waals surface area contributed by atoms with Gasteiger partial charge in [0.2, 0.25) is 0 Å². The fourth-order valence-corrected chi connectivity index (χ4v) is 1.96. The molecule has 0 heterocycles. The number of carbonyl (C=O) groups excluding carboxylic acids is 1. The number of benzene rings is 2. The average Bonchev–Trinajstić information content (AvgIpc) is 2.46. The van der Waals surface area contributed by atoms with E-state index in [-0.39, 0.29) is 5.91 Å². The van der Waals surface area contributed by atoms with Gasteiger partial charge in [-0.25, -0.2) is 0 Å². The summed E-state index contributed by atoms with van der Waals surface area (Å²) < 4.78 is 5.16. The largest absolute Gasteiger partial charge is 0.496 e. The van der Waals surface area contributed by atoms with Crippen molar-refractivity contribution in [3.63, 3.8) is 0 Å². The molecule has 104 valence electrons. The normalized spacial score (nSPS) is 10.1. The van der Waals surface area contributed by atoms with E-state index in [0.717, 1.165) is 5.56 Å². The predicted octanol–water partition coefficient (Wildman–Crippen LogP) is 2.86. The maximum Gasteiger partial charge on any atom is 0.257 e. The van der Waals surface area contributed by atoms with Crippen LogP contribution in [0.25, 0.3) is 0 Å². The maximum absolute atomic E-state index is 12.2. The van der Waals surface area contributed by atoms with E-state index in [9.17, 15) is 4.79 Å². The standard InChI is InChI=1S/C15H15ClN2O2/c1-20-13-4-2-3-12(17)14(13)15(19)18-9-10-5-7-11(16)8-6-10/h2-8H,9,17H2,1H3,(H,18,19). The number of hydrogen-bond donors (Lipinski definition) is 2. The van der Waals surface area contributed by atoms with E-state index in [2.05, 4.69) is 5.32 Å². The Balaban J connectivity index is 2.11. The number of nitrogens with two attached hydrogens (primary N) is 1. The lowest BCUT2D eigenvalue weighted by Gasteiger charge is -2.11. The highest BCUT2D eigenvalue weighted by molar-refractivity contribution is 6.30. The first-order chi connectivity index (χ1) is 9.61. The molecule has 0 unspecified atom stereocenters. The van der Waals surface area contributed by atoms with E-state index in [0.29, 0.717) is 28.6 Å². The van der Waals surface area contributed by atoms with Gasteiger partial charge in [-0.1, -0.05) is 29.8 Å². The molecule has 0 fully saturated rings. The van der Waals surface area contributed by atoms with Gasteiger partial charge in [0.15, 0.2) is 0 Å². The zero-order chi connectivity index (χ0) is 14.5. The Morgan fingerprint density at radius 2 is 1.95 bits per heavy atom. The van der Waals surface area contributed by atoms with Gasteiger partial charge in [0.25, 0.3) is 5.91 Å². The molecule has 0 bridgehead atoms. The van der Waals surface area contributed by atoms with Crippen LogP contribution in [0.3, 0.4) is 0 Å². The van der Waals surface area contributed by atoms with E-state index in [1.165, 1.54) is 7.11 Å². The second-order valence-electron chi connectivity index (χ2n) is 4.23. The number of halogens is 1. The highest BCUT2D eigenvalue weighted by Gasteiger charge is 2.15. The van der Waals surface area contributed by atoms with Crippen molar-refractivity contribution in [2.24, 2.45) is 0 Å². The molecule has 1 amide bonds. The smallest absolute Gasteiger partial charge is 0.257 e. The molecule has 0 aliphatic rings. The monoisotopic (exact) mass is 290 g/mol. The van der Waals surface area contributed by atoms with Crippen LogP contribution in [0.5, 0.6) is 5.75 Å². The van der Waals surface area contributed by atoms with Crippen molar-refractivity contribution in [2.45, 2.75) is 6.54 Å². The summed E-state index contributed by atoms with van der Waals surface area (Å²) in [5.41, 5.74) is 7.52. The van der Waals surface area contributed by atoms with Gasteiger partial charge in [-0.15, -0.1) is 0 Å². The Morgan fingerprint density at radius 1 is 1.25 bits per heavy atom. The van der Waals surface area contributed by atoms with Crippen LogP contribution < -0.4 is 15.8 Å². The van der Waals surface area contributed by atoms with Crippen molar-refractivity contribution < 1.29 is 9.53 Å². The van der Waals surface area contributed by atoms with Gasteiger partial charge in [-0.3, -0.25) is 4.79 Å². The van der Waals surface area contributed by atoms with Gasteiger partial charge in [0.1, 0.15) is 11.3 Å². The van der Waals surface area contributed by atoms with Crippen LogP contribution in [0, 0.1) is 0 Å². The molecule has 2 rings (SSSR count). The summed E-state index contributed by atoms with van der Waals surface area (Å²) in [7, 11) is 1.50. The maximum atomic E-state index is 12.2. The summed E-state index contributed by atoms with van der Waals surface area (Å²) in [5, 5.41) is 3.47. The molecule has 3 N–H and O–H groups in total. The molecule has 5 heteroatoms. The third-order valence-electron chi connectivity index (χ3n) is 2.87. The first kappa shape index (κ1) is 14.2. The minimum Gasteiger partial charge on any atom is -0.496 e. The zero-order valence-electron chi connectivity index (χ0n) is 11.0. The lowest BCUT2D eigenvalue weighted by molar-refractivity contribution is 0.0949. The zero-order valence-corrected chi connectivity index (χ0v) is 11.8. The van der Waals surface area contributed by atoms with Crippen LogP contribution in [-0.4, -0.2) is 13.0 Å². The number of rotatable bonds is 4. The molecule has 4 nitrogen and oxygen atoms in total. The first-order valence-electron chi connectivity index (χ1n) is 6.07. The molecule has 0 spiro atoms. The number of methoxy groups -OCH3 is 1. The van der Waals surface area contributed by atoms with E-state index in [1.807, 2.05) is 12.1 Å². The van der Waals surface area contributed by atoms with Gasteiger partial charge in [0.05, 0.1) is 7.11 Å². The number of nitrogens with one attached hydrogen (secondary N) is 1. The summed E-state index contributed by atoms with van der Waals surface area (Å²) in [4.78, 5) is 12.2. The summed E-state index contributed by atoms with van der Waals surface area (Å²) in [6.45, 7) is 0.396. The van der Waals surface area contributed by atoms with Crippen LogP contribution in [0.4, 0.5) is 5.69 Å². The average molecular weight is 291 g/mol. The van der Waals surface area contributed by atoms with E-state index in [1.54, 1.807) is 30.3 Å². The molecule has 0 aliphatic carbocycles. The minimum atomic E-state index is -0.269. The van der Waals surface area contributed by atoms with Crippen LogP contribution in [0.1, 0.15) is 15.9 Å². The van der Waals surface area contributed by atoms with E-state index >= 15 is 0 Å². The molecule has 2 aromatic rings. The molecule has 0 aliphatic heterocycles. The van der Waals surface area contributed by atoms with E-state index < -0.39 is 0 Å². The predicted molar refractivity (Wildman–Crippen MR) is 80.0 cm³/mol. The van der Waals surface area contributed by atoms with Crippen LogP contribution in [-0.2, 0) is 6.54 Å². The minimum absolute atomic E-state index is 0.269. The SMILES string of the molecule is COc1cccc(N)c1C(=O)NCc1ccc(Cl)cc1. The van der Waals surface area contributed by atoms with Gasteiger partial charge in [0, 0.05) is 17.3 Å². The first-order valence-corrected chi connectivity index (χ1v) is 6.44. The number of ether oxygens (including phenoxy) is 1. The van der Waals surface area contributed by atoms with Crippen molar-refractivity contribution >= 4 is 23.2 Å². The van der Waals surface area contributed by atoms with Gasteiger partial charge in [-0.2, -0.15) is 0 Å². The van der Waals surface area contributed by atoms with Crippen molar-refractivity contribution in [3.05, 3.63) is 58.6 Å². The number of amides is 1. The molecule has 2 aromatic carbocycles. The molecular formula is C15H15ClN2O2. The molecule has 0 radical (unpaired) electrons. The fraction of sp³-hybridized carbons (Fsp3) is 0.133. The van der Waals surface area contributed by atoms with Crippen molar-refractivity contribution in [3.8, 4) is 5.75 Å². The second-order valence-corrected chi connectivity index (χ2v) is 4.67. The van der Waals surface area contributed by atoms with Crippen LogP contribution in [0.2, 0.25) is 5.02 Å². The van der Waals surface area contributed by atoms with Crippen LogP contribution in [0.15, 0.2) is 42.5 Å². The molecule has 0 saturated heterocycles. The lowest BCUT2D eigenvalue weighted by atomic mass is 10.1. The van der Waals surface area contributed by atoms with Gasteiger partial charge < -0.3 is 15.8 Å². The molecular weight excluding hydrogens is 276 g/mol. The second kappa shape index (κ2) is 6.30. The molecule has 0 atom stereocenters. The Kier molecular flexibility index (Phi) is 4.48. The van der Waals surface area contributed by atoms with Crippen molar-refractivity contribution in [2.75, 3.05) is 12.8 Å². The molecule has 0 saturated carbocycles. The number of nitrogen functional groups attached to an aromatic ring is 1. The highest BCUT2D eigenvalue weighted by Crippen LogP contribution is 2.23. The number of carbonyl (C=O) groups is 1. The topological polar surface area (TPSA) is 64.3 Å². The summed E-state index contributed by atoms with van der Waals surface area (Å²) in [6, 6.07) is 12.4. The Hall–Kier alpha value is -2.20. The third kappa shape index (κ3) is 3.22. The Bertz CT molecular complexity index is 612. The molecule has 20 heavy (non-hydrogen) atoms. The molecule has 0 aromatic heterocycles. The highest BCUT2D eigenvalue weighted by atomic mass is 35.5. The summed E-state index contributed by atoms with van der Waals surface area (Å²) >= 11 is 5.81. The number of anilines is 1. The van der Waals surface area contributed by atoms with Gasteiger partial charge >= 0.3 is 0 Å². The Morgan fingerprint density at radius 3 is 2.60 bits per heavy atom. The van der Waals surface area contributed by atoms with Gasteiger partial charge in [-0.05, 0) is 29.8 Å². The summed E-state index contributed by atoms with van der Waals surface area (Å²) in [6.07, 6.45) is 0. The fourth-order valence-electron chi connectivity index (χ4n) is 1.83. The summed E-state index contributed by atoms with van der Waals surface area (Å²) in [5.74, 6) is 0.188. The van der Waals surface area contributed by atoms with Crippen LogP contribution >= 0.6 is 11.6 Å². The van der Waals surface area contributed by atoms with Crippen molar-refractivity contribution in [1.82, 2.24) is 5.32 Å². The quantitative estimate of drug-likeness (QED) is 0.851. The Labute approximate surface area is 122 Å². The number of hydrogen-bond acceptors (Lipinski definition) is 3. The van der Waals surface area contributed by atoms with E-state index in [4.69, 9.17) is 22.1 Å². The lowest BCUT2D eigenvalue weighted by Crippen LogP contribution is -2.24.